The van der Waals surface area contributed by atoms with Gasteiger partial charge in [-0.25, -0.2) is 27.7 Å². The minimum atomic E-state index is -1.00. The number of benzene rings is 2. The van der Waals surface area contributed by atoms with Gasteiger partial charge in [0.15, 0.2) is 17.3 Å². The summed E-state index contributed by atoms with van der Waals surface area (Å²) in [6.45, 7) is 10.4. The van der Waals surface area contributed by atoms with Crippen LogP contribution in [0.25, 0.3) is 32.9 Å². The lowest BCUT2D eigenvalue weighted by Crippen LogP contribution is -2.62. The van der Waals surface area contributed by atoms with Crippen molar-refractivity contribution in [1.29, 1.82) is 0 Å². The van der Waals surface area contributed by atoms with E-state index in [1.54, 1.807) is 38.7 Å². The molecule has 0 aliphatic carbocycles. The van der Waals surface area contributed by atoms with Crippen molar-refractivity contribution < 1.29 is 41.0 Å². The second kappa shape index (κ2) is 15.8. The zero-order valence-electron chi connectivity index (χ0n) is 35.7. The van der Waals surface area contributed by atoms with Gasteiger partial charge in [-0.3, -0.25) is 4.90 Å². The van der Waals surface area contributed by atoms with Crippen molar-refractivity contribution in [3.05, 3.63) is 69.3 Å². The van der Waals surface area contributed by atoms with Gasteiger partial charge in [0, 0.05) is 43.4 Å². The van der Waals surface area contributed by atoms with E-state index in [0.29, 0.717) is 41.7 Å². The molecule has 0 saturated carbocycles. The van der Waals surface area contributed by atoms with Crippen molar-refractivity contribution in [3.63, 3.8) is 0 Å². The second-order valence-electron chi connectivity index (χ2n) is 18.1. The first-order valence-corrected chi connectivity index (χ1v) is 21.1. The molecule has 3 saturated heterocycles. The number of hydrogen-bond donors (Lipinski definition) is 0. The van der Waals surface area contributed by atoms with E-state index >= 15 is 8.78 Å². The molecule has 9 rings (SSSR count). The highest BCUT2D eigenvalue weighted by molar-refractivity contribution is 6.03. The van der Waals surface area contributed by atoms with Gasteiger partial charge in [0.1, 0.15) is 53.6 Å². The maximum Gasteiger partial charge on any atom is 0.519 e. The van der Waals surface area contributed by atoms with Crippen LogP contribution in [0.3, 0.4) is 0 Å². The number of rotatable bonds is 8. The van der Waals surface area contributed by atoms with Crippen molar-refractivity contribution in [2.75, 3.05) is 37.7 Å². The molecule has 0 spiro atoms. The number of nitrogens with zero attached hydrogens (tertiary/aromatic N) is 6. The molecular weight excluding hydrogens is 818 g/mol. The molecule has 3 aromatic heterocycles. The van der Waals surface area contributed by atoms with Crippen molar-refractivity contribution in [2.24, 2.45) is 5.92 Å². The summed E-state index contributed by atoms with van der Waals surface area (Å²) in [5, 5.41) is 0.988. The topological polar surface area (TPSA) is 136 Å². The molecule has 7 heterocycles. The molecule has 1 amide bonds. The minimum absolute atomic E-state index is 0.0852. The number of carbonyl (C=O) groups excluding carboxylic acids is 1. The highest BCUT2D eigenvalue weighted by Gasteiger charge is 2.50. The number of pyridine rings is 1. The van der Waals surface area contributed by atoms with E-state index in [1.807, 2.05) is 11.8 Å². The summed E-state index contributed by atoms with van der Waals surface area (Å²) < 4.78 is 76.8. The number of fused-ring (bicyclic) bond motifs is 4. The van der Waals surface area contributed by atoms with E-state index in [-0.39, 0.29) is 95.7 Å². The highest BCUT2D eigenvalue weighted by atomic mass is 19.1. The molecule has 0 N–H and O–H groups in total. The summed E-state index contributed by atoms with van der Waals surface area (Å²) >= 11 is 0. The Morgan fingerprint density at radius 3 is 2.60 bits per heavy atom. The Labute approximate surface area is 361 Å². The maximum atomic E-state index is 17.9. The Balaban J connectivity index is 1.22. The number of ether oxygens (including phenoxy) is 3. The van der Waals surface area contributed by atoms with E-state index in [9.17, 15) is 14.0 Å². The van der Waals surface area contributed by atoms with Crippen molar-refractivity contribution >= 4 is 33.6 Å². The summed E-state index contributed by atoms with van der Waals surface area (Å²) in [5.41, 5.74) is -1.13. The zero-order valence-corrected chi connectivity index (χ0v) is 35.7. The third-order valence-electron chi connectivity index (χ3n) is 12.8. The van der Waals surface area contributed by atoms with Crippen LogP contribution >= 0.6 is 0 Å². The maximum absolute atomic E-state index is 17.9. The van der Waals surface area contributed by atoms with Crippen LogP contribution in [-0.2, 0) is 17.8 Å². The summed E-state index contributed by atoms with van der Waals surface area (Å²) in [6.07, 6.45) is 12.7. The molecule has 5 aromatic rings. The quantitative estimate of drug-likeness (QED) is 0.143. The van der Waals surface area contributed by atoms with Gasteiger partial charge < -0.3 is 32.8 Å². The van der Waals surface area contributed by atoms with E-state index in [0.717, 1.165) is 19.4 Å². The minimum Gasteiger partial charge on any atom is -0.485 e. The molecule has 4 aliphatic rings. The average Bonchev–Trinajstić information content (AvgIpc) is 3.85. The smallest absolute Gasteiger partial charge is 0.485 e. The van der Waals surface area contributed by atoms with Gasteiger partial charge in [0.05, 0.1) is 34.3 Å². The van der Waals surface area contributed by atoms with Crippen LogP contribution in [-0.4, -0.2) is 93.0 Å². The Morgan fingerprint density at radius 1 is 1.06 bits per heavy atom. The van der Waals surface area contributed by atoms with Gasteiger partial charge in [0.2, 0.25) is 0 Å². The van der Waals surface area contributed by atoms with Gasteiger partial charge in [-0.05, 0) is 83.0 Å². The lowest BCUT2D eigenvalue weighted by Gasteiger charge is -2.47. The molecule has 16 heteroatoms. The van der Waals surface area contributed by atoms with E-state index in [2.05, 4.69) is 16.7 Å². The Kier molecular flexibility index (Phi) is 10.6. The average molecular weight is 865 g/mol. The number of amides is 1. The largest absolute Gasteiger partial charge is 0.519 e. The number of aromatic nitrogens is 3. The van der Waals surface area contributed by atoms with E-state index in [4.69, 9.17) is 50.8 Å². The fourth-order valence-electron chi connectivity index (χ4n) is 9.87. The number of aryl methyl sites for hydroxylation is 1. The number of halogens is 3. The van der Waals surface area contributed by atoms with Crippen LogP contribution in [0, 0.1) is 49.2 Å². The van der Waals surface area contributed by atoms with Gasteiger partial charge >= 0.3 is 17.9 Å². The molecule has 328 valence electrons. The third kappa shape index (κ3) is 7.58. The van der Waals surface area contributed by atoms with Gasteiger partial charge in [0.25, 0.3) is 0 Å². The predicted octanol–water partition coefficient (Wildman–Crippen LogP) is 7.50. The fraction of sp³-hybridized carbons (Fsp3) is 0.468. The number of alkyl halides is 1. The Morgan fingerprint density at radius 2 is 1.87 bits per heavy atom. The molecule has 2 aromatic carbocycles. The summed E-state index contributed by atoms with van der Waals surface area (Å²) in [7, 11) is 0. The van der Waals surface area contributed by atoms with Crippen LogP contribution < -0.4 is 20.2 Å². The number of anilines is 1. The lowest BCUT2D eigenvalue weighted by atomic mass is 9.92. The van der Waals surface area contributed by atoms with Crippen LogP contribution in [0.4, 0.5) is 23.8 Å². The van der Waals surface area contributed by atoms with Gasteiger partial charge in [-0.1, -0.05) is 18.9 Å². The first-order valence-electron chi connectivity index (χ1n) is 21.1. The molecule has 0 unspecified atom stereocenters. The standard InChI is InChI=1S/C47H47F3N6O7/c1-8-11-29-21-56-35(22-55(29)44(57)63-46(5,6)7)25(3)16-34-38-41(52-43(53-42(38)56)60-24-47-14-10-15-54(47)20-28(48)19-47)39(50)40(51-34)32-18-30(59-23-36-26(4)61-45(58)62-36)17-27-12-13-33(49)31(9-2)37(27)32/h1-2,12-13,17-18,25,28-29,35H,10-11,14-16,19-24H2,3-7H3/t25-,28+,29+,35+,47-/m0/s1. The normalized spacial score (nSPS) is 23.3. The van der Waals surface area contributed by atoms with Crippen LogP contribution in [0.1, 0.15) is 76.2 Å². The molecule has 3 fully saturated rings. The number of terminal acetylenes is 2. The number of piperazine rings is 1. The van der Waals surface area contributed by atoms with Gasteiger partial charge in [-0.15, -0.1) is 18.8 Å². The zero-order chi connectivity index (χ0) is 44.5. The lowest BCUT2D eigenvalue weighted by molar-refractivity contribution is 0.00898. The van der Waals surface area contributed by atoms with Crippen LogP contribution in [0.5, 0.6) is 11.8 Å². The van der Waals surface area contributed by atoms with Gasteiger partial charge in [-0.2, -0.15) is 9.97 Å². The fourth-order valence-corrected chi connectivity index (χ4v) is 9.87. The molecule has 0 bridgehead atoms. The summed E-state index contributed by atoms with van der Waals surface area (Å²) in [6, 6.07) is 4.88. The molecular formula is C47H47F3N6O7. The summed E-state index contributed by atoms with van der Waals surface area (Å²) in [5.74, 6) is 3.45. The Hall–Kier alpha value is -6.26. The van der Waals surface area contributed by atoms with Crippen molar-refractivity contribution in [2.45, 2.75) is 103 Å². The first kappa shape index (κ1) is 42.1. The summed E-state index contributed by atoms with van der Waals surface area (Å²) in [4.78, 5) is 46.1. The third-order valence-corrected chi connectivity index (χ3v) is 12.8. The molecule has 13 nitrogen and oxygen atoms in total. The molecule has 0 radical (unpaired) electrons. The van der Waals surface area contributed by atoms with Crippen molar-refractivity contribution in [1.82, 2.24) is 24.8 Å². The van der Waals surface area contributed by atoms with E-state index in [1.165, 1.54) is 18.2 Å². The second-order valence-corrected chi connectivity index (χ2v) is 18.1. The number of hydrogen-bond acceptors (Lipinski definition) is 12. The molecule has 5 atom stereocenters. The molecule has 63 heavy (non-hydrogen) atoms. The van der Waals surface area contributed by atoms with Crippen LogP contribution in [0.15, 0.2) is 37.9 Å². The number of carbonyl (C=O) groups is 1. The molecule has 4 aliphatic heterocycles. The van der Waals surface area contributed by atoms with Crippen molar-refractivity contribution in [3.8, 4) is 47.7 Å². The highest BCUT2D eigenvalue weighted by Crippen LogP contribution is 2.45. The monoisotopic (exact) mass is 864 g/mol. The van der Waals surface area contributed by atoms with E-state index < -0.39 is 46.9 Å². The Bertz CT molecular complexity index is 2810. The predicted molar refractivity (Wildman–Crippen MR) is 227 cm³/mol. The van der Waals surface area contributed by atoms with Crippen LogP contribution in [0.2, 0.25) is 0 Å². The first-order chi connectivity index (χ1) is 30.1. The SMILES string of the molecule is C#CC[C@@H]1CN2c3nc(OC[C@@]45CCCN4C[C@H](F)C5)nc4c(F)c(-c5cc(OCc6oc(=O)oc6C)cc6ccc(F)c(C#C)c56)nc(c34)C[C@H](C)[C@H]2CN1C(=O)OC(C)(C)C.